The highest BCUT2D eigenvalue weighted by Crippen LogP contribution is 2.65. The molecule has 11 N–H and O–H groups in total. The van der Waals surface area contributed by atoms with E-state index in [0.29, 0.717) is 68.4 Å². The number of aryl methyl sites for hydroxylation is 1. The second-order valence-electron chi connectivity index (χ2n) is 25.6. The zero-order valence-corrected chi connectivity index (χ0v) is 46.5. The van der Waals surface area contributed by atoms with Crippen LogP contribution in [0.15, 0.2) is 110 Å². The number of aromatic hydroxyl groups is 2. The van der Waals surface area contributed by atoms with Crippen molar-refractivity contribution in [2.45, 2.75) is 164 Å². The van der Waals surface area contributed by atoms with Gasteiger partial charge in [0.2, 0.25) is 0 Å². The zero-order valence-electron chi connectivity index (χ0n) is 46.5. The Kier molecular flexibility index (Phi) is 12.6. The summed E-state index contributed by atoms with van der Waals surface area (Å²) in [6.07, 6.45) is 15.2. The van der Waals surface area contributed by atoms with Gasteiger partial charge in [0.1, 0.15) is 58.1 Å². The second-order valence-corrected chi connectivity index (χ2v) is 25.6. The lowest BCUT2D eigenvalue weighted by molar-refractivity contribution is -0.171. The quantitative estimate of drug-likeness (QED) is 0.0623. The van der Waals surface area contributed by atoms with Gasteiger partial charge in [-0.25, -0.2) is 4.79 Å². The summed E-state index contributed by atoms with van der Waals surface area (Å²) < 4.78 is 21.6. The third-order valence-corrected chi connectivity index (χ3v) is 21.9. The number of carbonyl (C=O) groups excluding carboxylic acids is 1. The standard InChI is InChI=1S/C66H76N4O11/c1-4-48(66(78)28-35-22-38(66)21-34-20-37-8-7-18-65(37,77)49-10-6-9-41(35)54(34)49)63(76)80-52-27-46-59(75)57-51(74)26-40(30-71)79-61(57)58-55-44-17-19-69-62(67)56(44)43(16-12-32-11-14-39(73)25-45(32)47(55)31-72)42-15-13-33-24-53(68-5-2)70-29-36(33)23-50(42)64(52,3)81-60(46)58/h4,6,9-11,14,17,24-26,29,34-35,37-38,42-43,47,50,52-53,55,68-73,75,77-78H,5,7-8,12-13,15-16,18-23,27-28,30-31,67H2,1-3H3. The number of aliphatic hydroxyl groups is 4. The highest BCUT2D eigenvalue weighted by atomic mass is 16.6. The van der Waals surface area contributed by atoms with Crippen molar-refractivity contribution in [2.24, 2.45) is 35.3 Å². The average Bonchev–Trinajstić information content (AvgIpc) is 2.94. The maximum absolute atomic E-state index is 15.9. The van der Waals surface area contributed by atoms with E-state index in [1.807, 2.05) is 13.0 Å². The van der Waals surface area contributed by atoms with Crippen molar-refractivity contribution in [1.82, 2.24) is 16.0 Å². The van der Waals surface area contributed by atoms with Gasteiger partial charge >= 0.3 is 5.97 Å². The van der Waals surface area contributed by atoms with Crippen LogP contribution in [0.5, 0.6) is 17.2 Å². The summed E-state index contributed by atoms with van der Waals surface area (Å²) in [6.45, 7) is 5.96. The number of ether oxygens (including phenoxy) is 2. The van der Waals surface area contributed by atoms with Gasteiger partial charge < -0.3 is 60.9 Å². The van der Waals surface area contributed by atoms with Crippen LogP contribution in [0.4, 0.5) is 0 Å². The topological polar surface area (TPSA) is 249 Å². The van der Waals surface area contributed by atoms with Gasteiger partial charge in [0, 0.05) is 54.1 Å². The number of dihydropyridines is 2. The number of carbonyl (C=O) groups is 1. The molecule has 0 radical (unpaired) electrons. The Morgan fingerprint density at radius 3 is 2.60 bits per heavy atom. The highest BCUT2D eigenvalue weighted by Gasteiger charge is 2.61. The van der Waals surface area contributed by atoms with Crippen LogP contribution in [0, 0.1) is 29.6 Å². The van der Waals surface area contributed by atoms with Crippen molar-refractivity contribution < 1.29 is 49.3 Å². The van der Waals surface area contributed by atoms with Gasteiger partial charge in [-0.3, -0.25) is 10.1 Å². The molecule has 6 bridgehead atoms. The number of phenolic OH excluding ortho intramolecular Hbond substituents is 2. The van der Waals surface area contributed by atoms with E-state index in [-0.39, 0.29) is 87.5 Å². The van der Waals surface area contributed by atoms with Gasteiger partial charge in [0.05, 0.1) is 29.5 Å². The Morgan fingerprint density at radius 2 is 1.80 bits per heavy atom. The molecule has 0 saturated heterocycles. The molecule has 10 aliphatic rings. The molecule has 3 saturated carbocycles. The van der Waals surface area contributed by atoms with Crippen LogP contribution in [-0.4, -0.2) is 79.8 Å². The fraction of sp³-hybridized carbons (Fsp3) is 0.515. The Bertz CT molecular complexity index is 3540. The first-order chi connectivity index (χ1) is 39.1. The largest absolute Gasteiger partial charge is 0.508 e. The van der Waals surface area contributed by atoms with Gasteiger partial charge in [0.25, 0.3) is 0 Å². The number of aliphatic hydroxyl groups excluding tert-OH is 2. The van der Waals surface area contributed by atoms with Gasteiger partial charge in [-0.1, -0.05) is 43.3 Å². The number of allylic oxidation sites excluding steroid dienone is 5. The Morgan fingerprint density at radius 1 is 0.975 bits per heavy atom. The lowest BCUT2D eigenvalue weighted by atomic mass is 9.61. The number of hydrogen-bond donors (Lipinski definition) is 10. The van der Waals surface area contributed by atoms with Gasteiger partial charge in [-0.15, -0.1) is 0 Å². The van der Waals surface area contributed by atoms with Crippen molar-refractivity contribution in [2.75, 3.05) is 19.7 Å². The number of esters is 1. The lowest BCUT2D eigenvalue weighted by Gasteiger charge is -2.52. The number of nitrogens with one attached hydrogen (secondary N) is 3. The first-order valence-corrected chi connectivity index (χ1v) is 30.0. The highest BCUT2D eigenvalue weighted by molar-refractivity contribution is 5.93. The van der Waals surface area contributed by atoms with E-state index in [1.165, 1.54) is 17.2 Å². The van der Waals surface area contributed by atoms with E-state index >= 15 is 4.79 Å². The molecule has 81 heavy (non-hydrogen) atoms. The minimum Gasteiger partial charge on any atom is -0.508 e. The summed E-state index contributed by atoms with van der Waals surface area (Å²) in [5.74, 6) is -2.99. The number of phenols is 2. The van der Waals surface area contributed by atoms with Crippen molar-refractivity contribution in [3.63, 3.8) is 0 Å². The van der Waals surface area contributed by atoms with Crippen LogP contribution < -0.4 is 31.8 Å². The molecule has 426 valence electrons. The molecule has 6 aliphatic carbocycles. The third-order valence-electron chi connectivity index (χ3n) is 21.9. The van der Waals surface area contributed by atoms with Crippen molar-refractivity contribution in [3.8, 4) is 17.2 Å². The SMILES string of the molecule is CC=C(C(=O)OC1Cc2c3c(c4oc(CO)cc(=O)c4c2O)C2C4=CCNC(N)=C4C(CCc4ccc(O)cc4C2CO)C2CCC4=CC(NCC)NC=C4CC2C1(C)O3)C1(O)CC2CC1CC1CC3CCCC3(O)c3cccc2c31. The summed E-state index contributed by atoms with van der Waals surface area (Å²) in [6, 6.07) is 12.8. The smallest absolute Gasteiger partial charge is 0.337 e. The number of benzene rings is 3. The number of likely N-dealkylation sites (N-methyl/N-ethyl adjacent to an activating group) is 1. The molecule has 14 rings (SSSR count). The van der Waals surface area contributed by atoms with Crippen LogP contribution in [0.3, 0.4) is 0 Å². The molecular weight excluding hydrogens is 1020 g/mol. The molecule has 14 atom stereocenters. The zero-order chi connectivity index (χ0) is 56.0. The maximum atomic E-state index is 15.9. The molecule has 0 spiro atoms. The normalized spacial score (nSPS) is 35.2. The predicted molar refractivity (Wildman–Crippen MR) is 304 cm³/mol. The van der Waals surface area contributed by atoms with Crippen LogP contribution in [-0.2, 0) is 34.6 Å². The van der Waals surface area contributed by atoms with E-state index in [9.17, 15) is 35.4 Å². The molecule has 14 unspecified atom stereocenters. The summed E-state index contributed by atoms with van der Waals surface area (Å²) in [5, 5.41) is 83.0. The van der Waals surface area contributed by atoms with Gasteiger partial charge in [-0.05, 0) is 201 Å². The van der Waals surface area contributed by atoms with Crippen LogP contribution in [0.25, 0.3) is 11.0 Å². The van der Waals surface area contributed by atoms with E-state index in [2.05, 4.69) is 59.4 Å². The number of nitrogens with two attached hydrogens (primary N) is 1. The fourth-order valence-electron chi connectivity index (χ4n) is 18.3. The number of fused-ring (bicyclic) bond motifs is 14. The molecule has 15 nitrogen and oxygen atoms in total. The van der Waals surface area contributed by atoms with Crippen LogP contribution in [0.2, 0.25) is 0 Å². The Labute approximate surface area is 471 Å². The molecule has 3 aromatic carbocycles. The minimum absolute atomic E-state index is 0.0123. The fourth-order valence-corrected chi connectivity index (χ4v) is 18.3. The summed E-state index contributed by atoms with van der Waals surface area (Å²) in [5.41, 5.74) is 12.8. The molecule has 3 fully saturated rings. The Hall–Kier alpha value is -6.36. The lowest BCUT2D eigenvalue weighted by Crippen LogP contribution is -2.59. The number of rotatable bonds is 7. The van der Waals surface area contributed by atoms with Gasteiger partial charge in [-0.2, -0.15) is 0 Å². The monoisotopic (exact) mass is 1100 g/mol. The third kappa shape index (κ3) is 7.83. The molecule has 0 amide bonds. The summed E-state index contributed by atoms with van der Waals surface area (Å²) >= 11 is 0. The number of hydrogen-bond acceptors (Lipinski definition) is 15. The van der Waals surface area contributed by atoms with E-state index in [4.69, 9.17) is 19.6 Å². The summed E-state index contributed by atoms with van der Waals surface area (Å²) in [4.78, 5) is 30.5. The van der Waals surface area contributed by atoms with Crippen molar-refractivity contribution in [3.05, 3.63) is 156 Å². The van der Waals surface area contributed by atoms with E-state index in [0.717, 1.165) is 72.1 Å². The molecule has 4 aromatic rings. The molecule has 5 heterocycles. The Balaban J connectivity index is 0.967. The first kappa shape index (κ1) is 52.7. The molecule has 15 heteroatoms. The summed E-state index contributed by atoms with van der Waals surface area (Å²) in [7, 11) is 0. The van der Waals surface area contributed by atoms with Crippen LogP contribution >= 0.6 is 0 Å². The maximum Gasteiger partial charge on any atom is 0.337 e. The van der Waals surface area contributed by atoms with Crippen molar-refractivity contribution in [1.29, 1.82) is 0 Å². The molecule has 4 aliphatic heterocycles. The van der Waals surface area contributed by atoms with Crippen molar-refractivity contribution >= 4 is 16.9 Å². The molecule has 1 aromatic heterocycles. The van der Waals surface area contributed by atoms with E-state index in [1.54, 1.807) is 25.1 Å². The van der Waals surface area contributed by atoms with E-state index < -0.39 is 71.0 Å². The second kappa shape index (κ2) is 19.4. The van der Waals surface area contributed by atoms with Gasteiger partial charge in [0.15, 0.2) is 5.43 Å². The average molecular weight is 1100 g/mol. The minimum atomic E-state index is -1.55. The molecular formula is C66H76N4O11. The first-order valence-electron chi connectivity index (χ1n) is 30.0. The predicted octanol–water partition coefficient (Wildman–Crippen LogP) is 7.95. The van der Waals surface area contributed by atoms with Crippen LogP contribution in [0.1, 0.15) is 160 Å².